The lowest BCUT2D eigenvalue weighted by molar-refractivity contribution is 0.119. The second kappa shape index (κ2) is 5.50. The van der Waals surface area contributed by atoms with Gasteiger partial charge >= 0.3 is 0 Å². The summed E-state index contributed by atoms with van der Waals surface area (Å²) < 4.78 is 8.31. The van der Waals surface area contributed by atoms with Crippen molar-refractivity contribution in [2.45, 2.75) is 33.4 Å². The zero-order valence-electron chi connectivity index (χ0n) is 10.9. The van der Waals surface area contributed by atoms with Crippen LogP contribution >= 0.6 is 27.3 Å². The van der Waals surface area contributed by atoms with E-state index in [-0.39, 0.29) is 6.10 Å². The van der Waals surface area contributed by atoms with E-state index >= 15 is 0 Å². The fraction of sp³-hybridized carbons (Fsp3) is 0.500. The third-order valence-electron chi connectivity index (χ3n) is 2.88. The van der Waals surface area contributed by atoms with E-state index in [0.717, 1.165) is 26.6 Å². The first-order valence-electron chi connectivity index (χ1n) is 5.69. The average molecular weight is 330 g/mol. The van der Waals surface area contributed by atoms with Crippen LogP contribution in [0.5, 0.6) is 0 Å². The highest BCUT2D eigenvalue weighted by Gasteiger charge is 2.12. The Labute approximate surface area is 119 Å². The summed E-state index contributed by atoms with van der Waals surface area (Å²) in [6, 6.07) is 0. The summed E-state index contributed by atoms with van der Waals surface area (Å²) >= 11 is 5.16. The van der Waals surface area contributed by atoms with Gasteiger partial charge in [0.2, 0.25) is 0 Å². The molecule has 2 heterocycles. The molecule has 0 N–H and O–H groups in total. The standard InChI is InChI=1S/C12H16BrN3OS/c1-7-11(13)8(2)16(15-7)5-10-6-18-12(14-10)9(3)17-4/h6,9H,5H2,1-4H3/t9-/m0/s1. The Bertz CT molecular complexity index is 550. The van der Waals surface area contributed by atoms with Crippen LogP contribution in [0.4, 0.5) is 0 Å². The molecular formula is C12H16BrN3OS. The first-order valence-corrected chi connectivity index (χ1v) is 7.36. The van der Waals surface area contributed by atoms with Gasteiger partial charge < -0.3 is 4.74 Å². The fourth-order valence-electron chi connectivity index (χ4n) is 1.67. The predicted octanol–water partition coefficient (Wildman–Crippen LogP) is 3.47. The van der Waals surface area contributed by atoms with Gasteiger partial charge in [0, 0.05) is 12.5 Å². The molecule has 2 rings (SSSR count). The van der Waals surface area contributed by atoms with Crippen LogP contribution in [0.15, 0.2) is 9.85 Å². The highest BCUT2D eigenvalue weighted by atomic mass is 79.9. The van der Waals surface area contributed by atoms with Crippen molar-refractivity contribution in [3.8, 4) is 0 Å². The van der Waals surface area contributed by atoms with E-state index in [4.69, 9.17) is 4.74 Å². The van der Waals surface area contributed by atoms with Gasteiger partial charge in [-0.1, -0.05) is 0 Å². The second-order valence-corrected chi connectivity index (χ2v) is 5.88. The summed E-state index contributed by atoms with van der Waals surface area (Å²) in [5.74, 6) is 0. The number of thiazole rings is 1. The van der Waals surface area contributed by atoms with Gasteiger partial charge in [-0.25, -0.2) is 4.98 Å². The SMILES string of the molecule is CO[C@@H](C)c1nc(Cn2nc(C)c(Br)c2C)cs1. The summed E-state index contributed by atoms with van der Waals surface area (Å²) in [5, 5.41) is 7.55. The third-order valence-corrected chi connectivity index (χ3v) is 5.08. The van der Waals surface area contributed by atoms with Gasteiger partial charge in [-0.3, -0.25) is 4.68 Å². The molecule has 0 bridgehead atoms. The van der Waals surface area contributed by atoms with Gasteiger partial charge in [-0.05, 0) is 36.7 Å². The minimum absolute atomic E-state index is 0.0518. The molecule has 1 atom stereocenters. The predicted molar refractivity (Wildman–Crippen MR) is 76.0 cm³/mol. The van der Waals surface area contributed by atoms with E-state index in [1.165, 1.54) is 0 Å². The van der Waals surface area contributed by atoms with Crippen LogP contribution in [0.25, 0.3) is 0 Å². The molecular weight excluding hydrogens is 314 g/mol. The lowest BCUT2D eigenvalue weighted by Crippen LogP contribution is -2.05. The number of hydrogen-bond donors (Lipinski definition) is 0. The van der Waals surface area contributed by atoms with E-state index < -0.39 is 0 Å². The molecule has 0 aliphatic rings. The zero-order valence-corrected chi connectivity index (χ0v) is 13.3. The maximum atomic E-state index is 5.26. The summed E-state index contributed by atoms with van der Waals surface area (Å²) in [7, 11) is 1.70. The maximum Gasteiger partial charge on any atom is 0.122 e. The summed E-state index contributed by atoms with van der Waals surface area (Å²) in [5.41, 5.74) is 3.16. The lowest BCUT2D eigenvalue weighted by Gasteiger charge is -2.04. The molecule has 0 amide bonds. The van der Waals surface area contributed by atoms with Crippen LogP contribution in [-0.2, 0) is 11.3 Å². The van der Waals surface area contributed by atoms with Gasteiger partial charge in [0.1, 0.15) is 11.1 Å². The number of nitrogens with zero attached hydrogens (tertiary/aromatic N) is 3. The third kappa shape index (κ3) is 2.65. The Kier molecular flexibility index (Phi) is 4.19. The monoisotopic (exact) mass is 329 g/mol. The van der Waals surface area contributed by atoms with E-state index in [2.05, 4.69) is 38.3 Å². The second-order valence-electron chi connectivity index (χ2n) is 4.20. The Morgan fingerprint density at radius 3 is 2.78 bits per heavy atom. The zero-order chi connectivity index (χ0) is 13.3. The number of methoxy groups -OCH3 is 1. The molecule has 2 aromatic rings. The fourth-order valence-corrected chi connectivity index (χ4v) is 2.79. The Balaban J connectivity index is 2.19. The van der Waals surface area contributed by atoms with Crippen molar-refractivity contribution in [3.05, 3.63) is 31.9 Å². The van der Waals surface area contributed by atoms with Crippen molar-refractivity contribution in [3.63, 3.8) is 0 Å². The van der Waals surface area contributed by atoms with Crippen molar-refractivity contribution in [2.75, 3.05) is 7.11 Å². The molecule has 0 radical (unpaired) electrons. The summed E-state index contributed by atoms with van der Waals surface area (Å²) in [6.45, 7) is 6.75. The molecule has 0 aliphatic carbocycles. The highest BCUT2D eigenvalue weighted by molar-refractivity contribution is 9.10. The average Bonchev–Trinajstić information content (AvgIpc) is 2.91. The van der Waals surface area contributed by atoms with Crippen LogP contribution in [0.3, 0.4) is 0 Å². The molecule has 0 spiro atoms. The quantitative estimate of drug-likeness (QED) is 0.862. The number of ether oxygens (including phenoxy) is 1. The maximum absolute atomic E-state index is 5.26. The molecule has 6 heteroatoms. The van der Waals surface area contributed by atoms with E-state index in [1.54, 1.807) is 18.4 Å². The van der Waals surface area contributed by atoms with Crippen LogP contribution in [0, 0.1) is 13.8 Å². The topological polar surface area (TPSA) is 39.9 Å². The van der Waals surface area contributed by atoms with Crippen molar-refractivity contribution in [1.82, 2.24) is 14.8 Å². The molecule has 0 aliphatic heterocycles. The van der Waals surface area contributed by atoms with Crippen LogP contribution in [-0.4, -0.2) is 21.9 Å². The molecule has 0 unspecified atom stereocenters. The van der Waals surface area contributed by atoms with Gasteiger partial charge in [0.15, 0.2) is 0 Å². The van der Waals surface area contributed by atoms with E-state index in [0.29, 0.717) is 6.54 Å². The molecule has 0 saturated heterocycles. The van der Waals surface area contributed by atoms with Crippen LogP contribution < -0.4 is 0 Å². The molecule has 0 fully saturated rings. The Morgan fingerprint density at radius 2 is 2.22 bits per heavy atom. The summed E-state index contributed by atoms with van der Waals surface area (Å²) in [4.78, 5) is 4.57. The minimum Gasteiger partial charge on any atom is -0.375 e. The summed E-state index contributed by atoms with van der Waals surface area (Å²) in [6.07, 6.45) is 0.0518. The van der Waals surface area contributed by atoms with E-state index in [1.807, 2.05) is 18.5 Å². The van der Waals surface area contributed by atoms with Crippen molar-refractivity contribution in [1.29, 1.82) is 0 Å². The minimum atomic E-state index is 0.0518. The van der Waals surface area contributed by atoms with Crippen LogP contribution in [0.2, 0.25) is 0 Å². The first-order chi connectivity index (χ1) is 8.52. The number of rotatable bonds is 4. The highest BCUT2D eigenvalue weighted by Crippen LogP contribution is 2.23. The molecule has 98 valence electrons. The van der Waals surface area contributed by atoms with Crippen molar-refractivity contribution in [2.24, 2.45) is 0 Å². The van der Waals surface area contributed by atoms with Crippen molar-refractivity contribution < 1.29 is 4.74 Å². The van der Waals surface area contributed by atoms with Crippen LogP contribution in [0.1, 0.15) is 35.1 Å². The van der Waals surface area contributed by atoms with Gasteiger partial charge in [0.25, 0.3) is 0 Å². The molecule has 2 aromatic heterocycles. The van der Waals surface area contributed by atoms with Gasteiger partial charge in [-0.2, -0.15) is 5.10 Å². The smallest absolute Gasteiger partial charge is 0.122 e. The lowest BCUT2D eigenvalue weighted by atomic mass is 10.4. The number of aryl methyl sites for hydroxylation is 1. The van der Waals surface area contributed by atoms with E-state index in [9.17, 15) is 0 Å². The molecule has 0 saturated carbocycles. The first kappa shape index (κ1) is 13.7. The number of halogens is 1. The normalized spacial score (nSPS) is 12.9. The largest absolute Gasteiger partial charge is 0.375 e. The van der Waals surface area contributed by atoms with Crippen molar-refractivity contribution >= 4 is 27.3 Å². The molecule has 0 aromatic carbocycles. The molecule has 18 heavy (non-hydrogen) atoms. The van der Waals surface area contributed by atoms with Gasteiger partial charge in [0.05, 0.1) is 28.1 Å². The number of hydrogen-bond acceptors (Lipinski definition) is 4. The Hall–Kier alpha value is -0.720. The van der Waals surface area contributed by atoms with Gasteiger partial charge in [-0.15, -0.1) is 11.3 Å². The number of aromatic nitrogens is 3. The Morgan fingerprint density at radius 1 is 1.50 bits per heavy atom. The molecule has 4 nitrogen and oxygen atoms in total.